The maximum absolute atomic E-state index is 12.8. The van der Waals surface area contributed by atoms with Crippen molar-refractivity contribution in [2.24, 2.45) is 0 Å². The molecule has 10 heteroatoms. The minimum atomic E-state index is -4.52. The van der Waals surface area contributed by atoms with Gasteiger partial charge in [-0.25, -0.2) is 9.78 Å². The maximum atomic E-state index is 12.8. The second-order valence-electron chi connectivity index (χ2n) is 6.93. The summed E-state index contributed by atoms with van der Waals surface area (Å²) < 4.78 is 44.8. The first-order valence-electron chi connectivity index (χ1n) is 9.88. The minimum Gasteiger partial charge on any atom is -0.462 e. The standard InChI is InChI=1S/C23H17F3N4O3/c1-2-33-22(32)17-13-27-30(19-12-9-14-5-3-4-6-18(14)28-19)20(17)29-21(31)15-7-10-16(11-8-15)23(24,25)26/h3-13H,2H2,1H3,(H,29,31). The zero-order valence-electron chi connectivity index (χ0n) is 17.3. The molecule has 1 amide bonds. The number of nitrogens with zero attached hydrogens (tertiary/aromatic N) is 3. The highest BCUT2D eigenvalue weighted by Gasteiger charge is 2.30. The third-order valence-electron chi connectivity index (χ3n) is 4.77. The molecule has 7 nitrogen and oxygen atoms in total. The molecule has 2 aromatic heterocycles. The van der Waals surface area contributed by atoms with Crippen molar-refractivity contribution >= 4 is 28.6 Å². The molecule has 0 saturated heterocycles. The van der Waals surface area contributed by atoms with Crippen molar-refractivity contribution in [2.45, 2.75) is 13.1 Å². The van der Waals surface area contributed by atoms with Gasteiger partial charge in [-0.2, -0.15) is 23.0 Å². The van der Waals surface area contributed by atoms with Gasteiger partial charge in [0.2, 0.25) is 0 Å². The van der Waals surface area contributed by atoms with Crippen LogP contribution in [0.3, 0.4) is 0 Å². The van der Waals surface area contributed by atoms with E-state index in [0.29, 0.717) is 11.3 Å². The molecule has 168 valence electrons. The Labute approximate surface area is 185 Å². The number of ether oxygens (including phenoxy) is 1. The van der Waals surface area contributed by atoms with E-state index < -0.39 is 23.6 Å². The molecular formula is C23H17F3N4O3. The number of hydrogen-bond acceptors (Lipinski definition) is 5. The Morgan fingerprint density at radius 1 is 1.03 bits per heavy atom. The minimum absolute atomic E-state index is 0.0128. The molecular weight excluding hydrogens is 437 g/mol. The van der Waals surface area contributed by atoms with Crippen molar-refractivity contribution in [3.63, 3.8) is 0 Å². The van der Waals surface area contributed by atoms with Crippen LogP contribution in [0.15, 0.2) is 66.9 Å². The Morgan fingerprint density at radius 2 is 1.76 bits per heavy atom. The predicted molar refractivity (Wildman–Crippen MR) is 114 cm³/mol. The van der Waals surface area contributed by atoms with E-state index in [4.69, 9.17) is 4.74 Å². The van der Waals surface area contributed by atoms with Gasteiger partial charge in [0.15, 0.2) is 11.6 Å². The topological polar surface area (TPSA) is 86.1 Å². The average molecular weight is 454 g/mol. The van der Waals surface area contributed by atoms with E-state index in [1.54, 1.807) is 19.1 Å². The number of anilines is 1. The number of benzene rings is 2. The molecule has 0 aliphatic heterocycles. The van der Waals surface area contributed by atoms with Gasteiger partial charge >= 0.3 is 12.1 Å². The van der Waals surface area contributed by atoms with Crippen LogP contribution in [0.4, 0.5) is 19.0 Å². The molecule has 4 aromatic rings. The van der Waals surface area contributed by atoms with E-state index in [9.17, 15) is 22.8 Å². The summed E-state index contributed by atoms with van der Waals surface area (Å²) in [5, 5.41) is 7.62. The Balaban J connectivity index is 1.72. The SMILES string of the molecule is CCOC(=O)c1cnn(-c2ccc3ccccc3n2)c1NC(=O)c1ccc(C(F)(F)F)cc1. The number of halogens is 3. The number of alkyl halides is 3. The summed E-state index contributed by atoms with van der Waals surface area (Å²) >= 11 is 0. The van der Waals surface area contributed by atoms with Crippen LogP contribution in [0.25, 0.3) is 16.7 Å². The van der Waals surface area contributed by atoms with Crippen LogP contribution in [0, 0.1) is 0 Å². The zero-order valence-corrected chi connectivity index (χ0v) is 17.3. The summed E-state index contributed by atoms with van der Waals surface area (Å²) in [5.41, 5.74) is -0.260. The molecule has 2 heterocycles. The fraction of sp³-hybridized carbons (Fsp3) is 0.130. The van der Waals surface area contributed by atoms with Crippen molar-refractivity contribution in [1.29, 1.82) is 0 Å². The molecule has 0 unspecified atom stereocenters. The van der Waals surface area contributed by atoms with E-state index in [2.05, 4.69) is 15.4 Å². The third-order valence-corrected chi connectivity index (χ3v) is 4.77. The summed E-state index contributed by atoms with van der Waals surface area (Å²) in [6.07, 6.45) is -3.29. The fourth-order valence-corrected chi connectivity index (χ4v) is 3.16. The van der Waals surface area contributed by atoms with Gasteiger partial charge in [0.05, 0.1) is 23.9 Å². The Morgan fingerprint density at radius 3 is 2.45 bits per heavy atom. The molecule has 4 rings (SSSR count). The molecule has 0 aliphatic carbocycles. The first-order valence-corrected chi connectivity index (χ1v) is 9.88. The number of rotatable bonds is 5. The van der Waals surface area contributed by atoms with E-state index in [0.717, 1.165) is 29.7 Å². The largest absolute Gasteiger partial charge is 0.462 e. The van der Waals surface area contributed by atoms with Crippen LogP contribution in [0.1, 0.15) is 33.2 Å². The van der Waals surface area contributed by atoms with Crippen molar-refractivity contribution < 1.29 is 27.5 Å². The molecule has 2 aromatic carbocycles. The molecule has 1 N–H and O–H groups in total. The Hall–Kier alpha value is -4.21. The molecule has 0 aliphatic rings. The summed E-state index contributed by atoms with van der Waals surface area (Å²) in [6.45, 7) is 1.73. The highest BCUT2D eigenvalue weighted by molar-refractivity contribution is 6.07. The van der Waals surface area contributed by atoms with Gasteiger partial charge in [0.25, 0.3) is 5.91 Å². The van der Waals surface area contributed by atoms with Gasteiger partial charge in [-0.15, -0.1) is 0 Å². The van der Waals surface area contributed by atoms with E-state index in [1.165, 1.54) is 10.9 Å². The molecule has 33 heavy (non-hydrogen) atoms. The van der Waals surface area contributed by atoms with Gasteiger partial charge in [-0.05, 0) is 49.4 Å². The number of aromatic nitrogens is 3. The second-order valence-corrected chi connectivity index (χ2v) is 6.93. The highest BCUT2D eigenvalue weighted by atomic mass is 19.4. The van der Waals surface area contributed by atoms with Gasteiger partial charge in [-0.1, -0.05) is 18.2 Å². The van der Waals surface area contributed by atoms with Crippen LogP contribution in [0.5, 0.6) is 0 Å². The third kappa shape index (κ3) is 4.54. The number of amides is 1. The number of hydrogen-bond donors (Lipinski definition) is 1. The van der Waals surface area contributed by atoms with Crippen molar-refractivity contribution in [3.05, 3.63) is 83.6 Å². The van der Waals surface area contributed by atoms with Crippen LogP contribution in [-0.2, 0) is 10.9 Å². The maximum Gasteiger partial charge on any atom is 0.416 e. The van der Waals surface area contributed by atoms with Crippen molar-refractivity contribution in [2.75, 3.05) is 11.9 Å². The number of pyridine rings is 1. The van der Waals surface area contributed by atoms with E-state index >= 15 is 0 Å². The number of carbonyl (C=O) groups is 2. The Bertz CT molecular complexity index is 1330. The lowest BCUT2D eigenvalue weighted by atomic mass is 10.1. The van der Waals surface area contributed by atoms with E-state index in [-0.39, 0.29) is 23.6 Å². The first kappa shape index (κ1) is 22.0. The second kappa shape index (κ2) is 8.73. The fourth-order valence-electron chi connectivity index (χ4n) is 3.16. The molecule has 0 atom stereocenters. The van der Waals surface area contributed by atoms with Crippen molar-refractivity contribution in [1.82, 2.24) is 14.8 Å². The lowest BCUT2D eigenvalue weighted by Crippen LogP contribution is -2.18. The number of nitrogens with one attached hydrogen (secondary N) is 1. The first-order chi connectivity index (χ1) is 15.8. The van der Waals surface area contributed by atoms with Gasteiger partial charge in [0, 0.05) is 10.9 Å². The monoisotopic (exact) mass is 454 g/mol. The molecule has 0 spiro atoms. The summed E-state index contributed by atoms with van der Waals surface area (Å²) in [7, 11) is 0. The zero-order chi connectivity index (χ0) is 23.6. The molecule has 0 radical (unpaired) electrons. The molecule has 0 fully saturated rings. The number of para-hydroxylation sites is 1. The number of fused-ring (bicyclic) bond motifs is 1. The number of esters is 1. The van der Waals surface area contributed by atoms with Crippen LogP contribution in [0.2, 0.25) is 0 Å². The highest BCUT2D eigenvalue weighted by Crippen LogP contribution is 2.29. The lowest BCUT2D eigenvalue weighted by Gasteiger charge is -2.12. The van der Waals surface area contributed by atoms with Crippen LogP contribution < -0.4 is 5.32 Å². The van der Waals surface area contributed by atoms with E-state index in [1.807, 2.05) is 24.3 Å². The lowest BCUT2D eigenvalue weighted by molar-refractivity contribution is -0.137. The average Bonchev–Trinajstić information content (AvgIpc) is 3.22. The smallest absolute Gasteiger partial charge is 0.416 e. The van der Waals surface area contributed by atoms with Gasteiger partial charge in [0.1, 0.15) is 5.56 Å². The number of carbonyl (C=O) groups excluding carboxylic acids is 2. The molecule has 0 saturated carbocycles. The molecule has 0 bridgehead atoms. The Kier molecular flexibility index (Phi) is 5.82. The van der Waals surface area contributed by atoms with Crippen LogP contribution >= 0.6 is 0 Å². The normalized spacial score (nSPS) is 11.4. The van der Waals surface area contributed by atoms with Crippen LogP contribution in [-0.4, -0.2) is 33.2 Å². The van der Waals surface area contributed by atoms with Crippen molar-refractivity contribution in [3.8, 4) is 5.82 Å². The summed E-state index contributed by atoms with van der Waals surface area (Å²) in [4.78, 5) is 29.7. The van der Waals surface area contributed by atoms with Gasteiger partial charge < -0.3 is 10.1 Å². The predicted octanol–water partition coefficient (Wildman–Crippen LogP) is 4.87. The van der Waals surface area contributed by atoms with Gasteiger partial charge in [-0.3, -0.25) is 4.79 Å². The summed E-state index contributed by atoms with van der Waals surface area (Å²) in [5.74, 6) is -1.13. The quantitative estimate of drug-likeness (QED) is 0.435. The summed E-state index contributed by atoms with van der Waals surface area (Å²) in [6, 6.07) is 14.6.